The van der Waals surface area contributed by atoms with E-state index in [-0.39, 0.29) is 4.32 Å². The predicted octanol–water partition coefficient (Wildman–Crippen LogP) is 6.06. The highest BCUT2D eigenvalue weighted by molar-refractivity contribution is 9.10. The second-order valence-corrected chi connectivity index (χ2v) is 9.78. The topological polar surface area (TPSA) is 66.8 Å². The normalized spacial score (nSPS) is 15.7. The number of amides is 1. The number of rotatable bonds is 7. The number of benzene rings is 3. The molecule has 1 heterocycles. The van der Waals surface area contributed by atoms with Gasteiger partial charge in [-0.3, -0.25) is 9.69 Å². The minimum absolute atomic E-state index is 0.219. The number of carboxylic acids is 1. The fraction of sp³-hybridized carbons (Fsp3) is 0.0800. The maximum Gasteiger partial charge on any atom is 0.331 e. The molecule has 0 radical (unpaired) electrons. The number of carbonyl (C=O) groups is 2. The number of hydrogen-bond donors (Lipinski definition) is 1. The quantitative estimate of drug-likeness (QED) is 0.291. The summed E-state index contributed by atoms with van der Waals surface area (Å²) in [6, 6.07) is 22.7. The van der Waals surface area contributed by atoms with E-state index >= 15 is 0 Å². The number of halogens is 1. The number of ether oxygens (including phenoxy) is 1. The molecule has 4 rings (SSSR count). The van der Waals surface area contributed by atoms with Gasteiger partial charge in [-0.05, 0) is 47.0 Å². The van der Waals surface area contributed by atoms with Crippen molar-refractivity contribution in [1.82, 2.24) is 4.90 Å². The molecular formula is C25H18BrNO4S2. The molecule has 0 saturated carbocycles. The summed E-state index contributed by atoms with van der Waals surface area (Å²) in [5, 5.41) is 9.78. The van der Waals surface area contributed by atoms with Crippen LogP contribution in [0.2, 0.25) is 0 Å². The predicted molar refractivity (Wildman–Crippen MR) is 137 cm³/mol. The minimum Gasteiger partial charge on any atom is -0.489 e. The average Bonchev–Trinajstić information content (AvgIpc) is 3.07. The van der Waals surface area contributed by atoms with Crippen LogP contribution in [0.25, 0.3) is 6.08 Å². The first-order valence-electron chi connectivity index (χ1n) is 9.94. The van der Waals surface area contributed by atoms with E-state index in [1.807, 2.05) is 48.5 Å². The Balaban J connectivity index is 1.48. The van der Waals surface area contributed by atoms with Crippen LogP contribution in [0.5, 0.6) is 5.75 Å². The van der Waals surface area contributed by atoms with Gasteiger partial charge >= 0.3 is 5.97 Å². The Hall–Kier alpha value is -2.94. The van der Waals surface area contributed by atoms with E-state index < -0.39 is 17.9 Å². The van der Waals surface area contributed by atoms with E-state index in [2.05, 4.69) is 15.9 Å². The molecule has 1 amide bonds. The molecule has 5 nitrogen and oxygen atoms in total. The Labute approximate surface area is 209 Å². The Morgan fingerprint density at radius 1 is 1.09 bits per heavy atom. The molecule has 166 valence electrons. The van der Waals surface area contributed by atoms with Crippen LogP contribution in [0.1, 0.15) is 22.7 Å². The average molecular weight is 540 g/mol. The third-order valence-corrected chi connectivity index (χ3v) is 6.73. The fourth-order valence-corrected chi connectivity index (χ4v) is 5.10. The molecule has 0 spiro atoms. The minimum atomic E-state index is -1.17. The lowest BCUT2D eigenvalue weighted by Crippen LogP contribution is -2.37. The van der Waals surface area contributed by atoms with Gasteiger partial charge in [-0.1, -0.05) is 94.5 Å². The Bertz CT molecular complexity index is 1230. The summed E-state index contributed by atoms with van der Waals surface area (Å²) in [4.78, 5) is 26.6. The zero-order valence-electron chi connectivity index (χ0n) is 17.2. The third kappa shape index (κ3) is 5.52. The SMILES string of the molecule is O=C(O)C(c1ccccc1)N1C(=O)/C(=C\c2ccc(OCc3cccc(Br)c3)cc2)SC1=S. The molecule has 0 bridgehead atoms. The second-order valence-electron chi connectivity index (χ2n) is 7.19. The van der Waals surface area contributed by atoms with Crippen molar-refractivity contribution in [2.24, 2.45) is 0 Å². The highest BCUT2D eigenvalue weighted by Crippen LogP contribution is 2.38. The Morgan fingerprint density at radius 3 is 2.48 bits per heavy atom. The van der Waals surface area contributed by atoms with Crippen molar-refractivity contribution in [2.45, 2.75) is 12.6 Å². The summed E-state index contributed by atoms with van der Waals surface area (Å²) in [6.45, 7) is 0.438. The van der Waals surface area contributed by atoms with Crippen LogP contribution in [0.15, 0.2) is 88.2 Å². The van der Waals surface area contributed by atoms with Crippen LogP contribution in [0.3, 0.4) is 0 Å². The van der Waals surface area contributed by atoms with Gasteiger partial charge in [0.25, 0.3) is 5.91 Å². The van der Waals surface area contributed by atoms with Crippen molar-refractivity contribution in [3.8, 4) is 5.75 Å². The first-order valence-corrected chi connectivity index (χ1v) is 12.0. The van der Waals surface area contributed by atoms with Crippen LogP contribution in [0, 0.1) is 0 Å². The van der Waals surface area contributed by atoms with E-state index in [9.17, 15) is 14.7 Å². The van der Waals surface area contributed by atoms with Gasteiger partial charge in [-0.2, -0.15) is 0 Å². The van der Waals surface area contributed by atoms with E-state index in [1.165, 1.54) is 4.90 Å². The van der Waals surface area contributed by atoms with Crippen molar-refractivity contribution in [3.63, 3.8) is 0 Å². The van der Waals surface area contributed by atoms with Gasteiger partial charge in [-0.15, -0.1) is 0 Å². The van der Waals surface area contributed by atoms with Crippen LogP contribution < -0.4 is 4.74 Å². The Morgan fingerprint density at radius 2 is 1.82 bits per heavy atom. The molecule has 1 N–H and O–H groups in total. The van der Waals surface area contributed by atoms with Crippen molar-refractivity contribution >= 4 is 62.2 Å². The number of thioether (sulfide) groups is 1. The lowest BCUT2D eigenvalue weighted by Gasteiger charge is -2.23. The second kappa shape index (κ2) is 10.3. The van der Waals surface area contributed by atoms with Crippen LogP contribution >= 0.6 is 39.9 Å². The summed E-state index contributed by atoms with van der Waals surface area (Å²) in [7, 11) is 0. The highest BCUT2D eigenvalue weighted by atomic mass is 79.9. The van der Waals surface area contributed by atoms with Crippen molar-refractivity contribution < 1.29 is 19.4 Å². The van der Waals surface area contributed by atoms with Gasteiger partial charge < -0.3 is 9.84 Å². The monoisotopic (exact) mass is 539 g/mol. The van der Waals surface area contributed by atoms with Gasteiger partial charge in [0.1, 0.15) is 16.7 Å². The lowest BCUT2D eigenvalue weighted by atomic mass is 10.1. The summed E-state index contributed by atoms with van der Waals surface area (Å²) >= 11 is 9.90. The van der Waals surface area contributed by atoms with Crippen LogP contribution in [-0.2, 0) is 16.2 Å². The molecule has 8 heteroatoms. The van der Waals surface area contributed by atoms with Crippen molar-refractivity contribution in [3.05, 3.63) is 105 Å². The lowest BCUT2D eigenvalue weighted by molar-refractivity contribution is -0.145. The largest absolute Gasteiger partial charge is 0.489 e. The molecule has 1 atom stereocenters. The molecule has 0 aliphatic carbocycles. The number of carbonyl (C=O) groups excluding carboxylic acids is 1. The third-order valence-electron chi connectivity index (χ3n) is 4.90. The first-order chi connectivity index (χ1) is 15.9. The zero-order valence-corrected chi connectivity index (χ0v) is 20.4. The first kappa shape index (κ1) is 23.2. The molecule has 3 aromatic carbocycles. The maximum absolute atomic E-state index is 13.1. The number of hydrogen-bond acceptors (Lipinski definition) is 5. The van der Waals surface area contributed by atoms with Crippen LogP contribution in [-0.4, -0.2) is 26.2 Å². The van der Waals surface area contributed by atoms with Crippen molar-refractivity contribution in [1.29, 1.82) is 0 Å². The van der Waals surface area contributed by atoms with Crippen molar-refractivity contribution in [2.75, 3.05) is 0 Å². The molecule has 0 aromatic heterocycles. The van der Waals surface area contributed by atoms with Gasteiger partial charge in [0.15, 0.2) is 6.04 Å². The van der Waals surface area contributed by atoms with Gasteiger partial charge in [0.2, 0.25) is 0 Å². The number of carboxylic acid groups (broad SMARTS) is 1. The fourth-order valence-electron chi connectivity index (χ4n) is 3.34. The summed E-state index contributed by atoms with van der Waals surface area (Å²) in [5.41, 5.74) is 2.33. The maximum atomic E-state index is 13.1. The number of aliphatic carboxylic acids is 1. The smallest absolute Gasteiger partial charge is 0.331 e. The summed E-state index contributed by atoms with van der Waals surface area (Å²) < 4.78 is 7.04. The standard InChI is InChI=1S/C25H18BrNO4S2/c26-19-8-4-5-17(13-19)15-31-20-11-9-16(10-12-20)14-21-23(28)27(25(32)33-21)22(24(29)30)18-6-2-1-3-7-18/h1-14,22H,15H2,(H,29,30)/b21-14+. The molecule has 33 heavy (non-hydrogen) atoms. The van der Waals surface area contributed by atoms with E-state index in [4.69, 9.17) is 17.0 Å². The molecule has 1 saturated heterocycles. The van der Waals surface area contributed by atoms with Crippen LogP contribution in [0.4, 0.5) is 0 Å². The van der Waals surface area contributed by atoms with E-state index in [0.717, 1.165) is 27.4 Å². The molecule has 1 aliphatic rings. The highest BCUT2D eigenvalue weighted by Gasteiger charge is 2.41. The molecule has 3 aromatic rings. The Kier molecular flexibility index (Phi) is 7.27. The summed E-state index contributed by atoms with van der Waals surface area (Å²) in [5.74, 6) is -0.850. The summed E-state index contributed by atoms with van der Waals surface area (Å²) in [6.07, 6.45) is 1.71. The van der Waals surface area contributed by atoms with Gasteiger partial charge in [0, 0.05) is 4.47 Å². The van der Waals surface area contributed by atoms with Gasteiger partial charge in [0.05, 0.1) is 4.91 Å². The molecule has 1 fully saturated rings. The molecule has 1 aliphatic heterocycles. The van der Waals surface area contributed by atoms with E-state index in [0.29, 0.717) is 22.8 Å². The van der Waals surface area contributed by atoms with E-state index in [1.54, 1.807) is 36.4 Å². The number of thiocarbonyl (C=S) groups is 1. The molecule has 1 unspecified atom stereocenters. The zero-order chi connectivity index (χ0) is 23.4. The number of nitrogens with zero attached hydrogens (tertiary/aromatic N) is 1. The molecular weight excluding hydrogens is 522 g/mol. The van der Waals surface area contributed by atoms with Gasteiger partial charge in [-0.25, -0.2) is 4.79 Å².